The number of nitrogens with one attached hydrogen (secondary N) is 1. The van der Waals surface area contributed by atoms with Crippen LogP contribution in [0.1, 0.15) is 12.8 Å². The Bertz CT molecular complexity index is 381. The second kappa shape index (κ2) is 6.42. The number of benzene rings is 1. The molecule has 0 amide bonds. The Hall–Kier alpha value is -1.33. The Balaban J connectivity index is 0.00000144. The molecule has 5 nitrogen and oxygen atoms in total. The van der Waals surface area contributed by atoms with Crippen molar-refractivity contribution in [2.24, 2.45) is 0 Å². The number of non-ortho nitro benzene ring substituents is 1. The number of rotatable bonds is 4. The molecule has 0 spiro atoms. The van der Waals surface area contributed by atoms with E-state index in [9.17, 15) is 10.1 Å². The van der Waals surface area contributed by atoms with E-state index in [-0.39, 0.29) is 18.1 Å². The zero-order valence-electron chi connectivity index (χ0n) is 9.30. The van der Waals surface area contributed by atoms with Gasteiger partial charge in [-0.25, -0.2) is 0 Å². The van der Waals surface area contributed by atoms with Gasteiger partial charge in [0.05, 0.1) is 11.0 Å². The molecular weight excluding hydrogens is 244 g/mol. The fourth-order valence-corrected chi connectivity index (χ4v) is 1.78. The molecule has 0 aromatic heterocycles. The first-order chi connectivity index (χ1) is 7.75. The molecule has 0 unspecified atom stereocenters. The summed E-state index contributed by atoms with van der Waals surface area (Å²) in [6, 6.07) is 6.66. The van der Waals surface area contributed by atoms with Gasteiger partial charge in [0.15, 0.2) is 0 Å². The van der Waals surface area contributed by atoms with Crippen LogP contribution in [0.3, 0.4) is 0 Å². The Labute approximate surface area is 106 Å². The van der Waals surface area contributed by atoms with Crippen LogP contribution in [-0.4, -0.2) is 24.1 Å². The van der Waals surface area contributed by atoms with Crippen LogP contribution < -0.4 is 10.1 Å². The first-order valence-corrected chi connectivity index (χ1v) is 5.36. The van der Waals surface area contributed by atoms with Gasteiger partial charge >= 0.3 is 0 Å². The summed E-state index contributed by atoms with van der Waals surface area (Å²) in [4.78, 5) is 10.1. The molecule has 1 saturated heterocycles. The number of nitro groups is 1. The molecular formula is C11H15ClN2O3. The second-order valence-electron chi connectivity index (χ2n) is 3.86. The predicted octanol–water partition coefficient (Wildman–Crippen LogP) is 2.15. The molecule has 1 aliphatic rings. The van der Waals surface area contributed by atoms with Crippen LogP contribution in [0, 0.1) is 10.1 Å². The van der Waals surface area contributed by atoms with Gasteiger partial charge in [-0.3, -0.25) is 10.1 Å². The van der Waals surface area contributed by atoms with Crippen molar-refractivity contribution in [3.05, 3.63) is 34.4 Å². The fourth-order valence-electron chi connectivity index (χ4n) is 1.78. The highest BCUT2D eigenvalue weighted by Crippen LogP contribution is 2.19. The van der Waals surface area contributed by atoms with Crippen molar-refractivity contribution in [1.82, 2.24) is 5.32 Å². The number of hydrogen-bond acceptors (Lipinski definition) is 4. The Morgan fingerprint density at radius 1 is 1.53 bits per heavy atom. The number of nitrogens with zero attached hydrogens (tertiary/aromatic N) is 1. The van der Waals surface area contributed by atoms with E-state index in [2.05, 4.69) is 5.32 Å². The molecule has 6 heteroatoms. The first-order valence-electron chi connectivity index (χ1n) is 5.36. The maximum atomic E-state index is 10.6. The van der Waals surface area contributed by atoms with Gasteiger partial charge in [0.2, 0.25) is 0 Å². The maximum absolute atomic E-state index is 10.6. The van der Waals surface area contributed by atoms with Gasteiger partial charge in [-0.05, 0) is 25.5 Å². The number of ether oxygens (including phenoxy) is 1. The molecule has 1 fully saturated rings. The van der Waals surface area contributed by atoms with Gasteiger partial charge in [-0.2, -0.15) is 0 Å². The minimum Gasteiger partial charge on any atom is -0.492 e. The minimum absolute atomic E-state index is 0. The van der Waals surface area contributed by atoms with E-state index in [4.69, 9.17) is 4.74 Å². The van der Waals surface area contributed by atoms with Crippen LogP contribution in [0.5, 0.6) is 5.75 Å². The van der Waals surface area contributed by atoms with Crippen molar-refractivity contribution < 1.29 is 9.66 Å². The van der Waals surface area contributed by atoms with E-state index < -0.39 is 4.92 Å². The molecule has 2 rings (SSSR count). The van der Waals surface area contributed by atoms with Crippen molar-refractivity contribution in [3.63, 3.8) is 0 Å². The number of nitro benzene ring substituents is 1. The largest absolute Gasteiger partial charge is 0.492 e. The highest BCUT2D eigenvalue weighted by atomic mass is 35.5. The third-order valence-corrected chi connectivity index (χ3v) is 2.64. The zero-order valence-corrected chi connectivity index (χ0v) is 10.1. The summed E-state index contributed by atoms with van der Waals surface area (Å²) in [5, 5.41) is 13.9. The third-order valence-electron chi connectivity index (χ3n) is 2.64. The van der Waals surface area contributed by atoms with E-state index in [0.717, 1.165) is 13.0 Å². The highest BCUT2D eigenvalue weighted by molar-refractivity contribution is 5.85. The molecule has 1 atom stereocenters. The Morgan fingerprint density at radius 2 is 2.35 bits per heavy atom. The smallest absolute Gasteiger partial charge is 0.273 e. The number of halogens is 1. The zero-order chi connectivity index (χ0) is 11.4. The van der Waals surface area contributed by atoms with Crippen molar-refractivity contribution in [3.8, 4) is 5.75 Å². The Kier molecular flexibility index (Phi) is 5.18. The summed E-state index contributed by atoms with van der Waals surface area (Å²) in [6.45, 7) is 1.60. The minimum atomic E-state index is -0.416. The molecule has 1 aromatic carbocycles. The van der Waals surface area contributed by atoms with E-state index >= 15 is 0 Å². The molecule has 17 heavy (non-hydrogen) atoms. The molecule has 1 heterocycles. The quantitative estimate of drug-likeness (QED) is 0.664. The van der Waals surface area contributed by atoms with Crippen LogP contribution in [0.2, 0.25) is 0 Å². The van der Waals surface area contributed by atoms with Crippen molar-refractivity contribution in [1.29, 1.82) is 0 Å². The second-order valence-corrected chi connectivity index (χ2v) is 3.86. The lowest BCUT2D eigenvalue weighted by atomic mass is 10.2. The molecule has 0 saturated carbocycles. The van der Waals surface area contributed by atoms with Crippen molar-refractivity contribution in [2.75, 3.05) is 13.2 Å². The highest BCUT2D eigenvalue weighted by Gasteiger charge is 2.15. The topological polar surface area (TPSA) is 64.4 Å². The van der Waals surface area contributed by atoms with E-state index in [0.29, 0.717) is 18.4 Å². The van der Waals surface area contributed by atoms with Gasteiger partial charge in [0.25, 0.3) is 5.69 Å². The molecule has 0 aliphatic carbocycles. The summed E-state index contributed by atoms with van der Waals surface area (Å²) in [5.41, 5.74) is 0.0666. The normalized spacial score (nSPS) is 18.5. The van der Waals surface area contributed by atoms with E-state index in [1.807, 2.05) is 0 Å². The summed E-state index contributed by atoms with van der Waals surface area (Å²) < 4.78 is 5.51. The van der Waals surface area contributed by atoms with Gasteiger partial charge in [0, 0.05) is 12.1 Å². The summed E-state index contributed by atoms with van der Waals surface area (Å²) in [6.07, 6.45) is 2.28. The summed E-state index contributed by atoms with van der Waals surface area (Å²) in [5.74, 6) is 0.558. The molecule has 1 aliphatic heterocycles. The fraction of sp³-hybridized carbons (Fsp3) is 0.455. The number of hydrogen-bond donors (Lipinski definition) is 1. The van der Waals surface area contributed by atoms with Gasteiger partial charge in [-0.15, -0.1) is 12.4 Å². The van der Waals surface area contributed by atoms with Crippen LogP contribution in [-0.2, 0) is 0 Å². The average Bonchev–Trinajstić information content (AvgIpc) is 2.79. The monoisotopic (exact) mass is 258 g/mol. The summed E-state index contributed by atoms with van der Waals surface area (Å²) in [7, 11) is 0. The predicted molar refractivity (Wildman–Crippen MR) is 66.9 cm³/mol. The lowest BCUT2D eigenvalue weighted by Gasteiger charge is -2.11. The van der Waals surface area contributed by atoms with Crippen LogP contribution >= 0.6 is 12.4 Å². The van der Waals surface area contributed by atoms with Gasteiger partial charge in [0.1, 0.15) is 12.4 Å². The molecule has 0 bridgehead atoms. The van der Waals surface area contributed by atoms with Gasteiger partial charge < -0.3 is 10.1 Å². The van der Waals surface area contributed by atoms with Crippen LogP contribution in [0.15, 0.2) is 24.3 Å². The van der Waals surface area contributed by atoms with Crippen LogP contribution in [0.25, 0.3) is 0 Å². The molecule has 94 valence electrons. The van der Waals surface area contributed by atoms with E-state index in [1.165, 1.54) is 18.6 Å². The maximum Gasteiger partial charge on any atom is 0.273 e. The molecule has 1 aromatic rings. The molecule has 1 N–H and O–H groups in total. The summed E-state index contributed by atoms with van der Waals surface area (Å²) >= 11 is 0. The lowest BCUT2D eigenvalue weighted by Crippen LogP contribution is -2.28. The standard InChI is InChI=1S/C11H14N2O3.ClH/c14-13(15)10-4-1-5-11(7-10)16-8-9-3-2-6-12-9;/h1,4-5,7,9,12H,2-3,6,8H2;1H/t9-;/m1./s1. The van der Waals surface area contributed by atoms with Crippen molar-refractivity contribution in [2.45, 2.75) is 18.9 Å². The Morgan fingerprint density at radius 3 is 3.00 bits per heavy atom. The SMILES string of the molecule is Cl.O=[N+]([O-])c1cccc(OC[C@H]2CCCN2)c1. The third kappa shape index (κ3) is 3.87. The van der Waals surface area contributed by atoms with Crippen molar-refractivity contribution >= 4 is 18.1 Å². The molecule has 0 radical (unpaired) electrons. The van der Waals surface area contributed by atoms with Crippen LogP contribution in [0.4, 0.5) is 5.69 Å². The van der Waals surface area contributed by atoms with E-state index in [1.54, 1.807) is 12.1 Å². The lowest BCUT2D eigenvalue weighted by molar-refractivity contribution is -0.384. The average molecular weight is 259 g/mol. The van der Waals surface area contributed by atoms with Gasteiger partial charge in [-0.1, -0.05) is 6.07 Å². The first kappa shape index (κ1) is 13.7.